The molecular formula is C16H12O6. The van der Waals surface area contributed by atoms with Crippen LogP contribution < -0.4 is 5.43 Å². The average Bonchev–Trinajstić information content (AvgIpc) is 2.95. The van der Waals surface area contributed by atoms with E-state index in [2.05, 4.69) is 4.74 Å². The van der Waals surface area contributed by atoms with Gasteiger partial charge < -0.3 is 18.7 Å². The summed E-state index contributed by atoms with van der Waals surface area (Å²) in [5.41, 5.74) is 0.212. The fraction of sp³-hybridized carbons (Fsp3) is 0.125. The number of phenols is 1. The van der Waals surface area contributed by atoms with E-state index in [1.165, 1.54) is 37.4 Å². The van der Waals surface area contributed by atoms with Crippen molar-refractivity contribution in [2.45, 2.75) is 6.92 Å². The molecule has 0 saturated heterocycles. The number of hydrogen-bond donors (Lipinski definition) is 1. The molecule has 6 heteroatoms. The van der Waals surface area contributed by atoms with Crippen LogP contribution in [0.2, 0.25) is 0 Å². The molecule has 0 fully saturated rings. The van der Waals surface area contributed by atoms with Gasteiger partial charge in [0.15, 0.2) is 0 Å². The summed E-state index contributed by atoms with van der Waals surface area (Å²) in [5.74, 6) is -0.0645. The fourth-order valence-electron chi connectivity index (χ4n) is 2.26. The van der Waals surface area contributed by atoms with Crippen LogP contribution in [0.25, 0.3) is 22.3 Å². The highest BCUT2D eigenvalue weighted by Crippen LogP contribution is 2.27. The van der Waals surface area contributed by atoms with Crippen molar-refractivity contribution in [2.75, 3.05) is 7.11 Å². The Bertz CT molecular complexity index is 931. The molecular weight excluding hydrogens is 288 g/mol. The second-order valence-corrected chi connectivity index (χ2v) is 4.70. The van der Waals surface area contributed by atoms with Crippen molar-refractivity contribution in [3.05, 3.63) is 52.1 Å². The Morgan fingerprint density at radius 1 is 1.18 bits per heavy atom. The summed E-state index contributed by atoms with van der Waals surface area (Å²) in [6, 6.07) is 7.19. The van der Waals surface area contributed by atoms with E-state index in [-0.39, 0.29) is 33.8 Å². The first-order valence-electron chi connectivity index (χ1n) is 6.46. The predicted octanol–water partition coefficient (Wildman–Crippen LogP) is 2.85. The minimum atomic E-state index is -0.626. The molecule has 1 aromatic carbocycles. The highest BCUT2D eigenvalue weighted by atomic mass is 16.5. The summed E-state index contributed by atoms with van der Waals surface area (Å²) in [5, 5.41) is 9.77. The van der Waals surface area contributed by atoms with Gasteiger partial charge in [-0.25, -0.2) is 4.79 Å². The molecule has 0 saturated carbocycles. The van der Waals surface area contributed by atoms with Crippen molar-refractivity contribution in [3.8, 4) is 17.1 Å². The molecule has 3 rings (SSSR count). The molecule has 0 atom stereocenters. The highest BCUT2D eigenvalue weighted by molar-refractivity contribution is 5.88. The molecule has 3 aromatic rings. The predicted molar refractivity (Wildman–Crippen MR) is 77.9 cm³/mol. The van der Waals surface area contributed by atoms with Crippen LogP contribution in [-0.2, 0) is 4.74 Å². The summed E-state index contributed by atoms with van der Waals surface area (Å²) in [4.78, 5) is 24.0. The third-order valence-electron chi connectivity index (χ3n) is 3.29. The Morgan fingerprint density at radius 2 is 1.95 bits per heavy atom. The first-order valence-corrected chi connectivity index (χ1v) is 6.46. The van der Waals surface area contributed by atoms with E-state index < -0.39 is 5.97 Å². The number of carbonyl (C=O) groups is 1. The Morgan fingerprint density at radius 3 is 2.68 bits per heavy atom. The standard InChI is InChI=1S/C16H12O6/c1-8-14(11-5-6-12(22-11)16(19)20-2)15(18)10-4-3-9(17)7-13(10)21-8/h3-7,17H,1-2H3. The number of rotatable bonds is 2. The number of carbonyl (C=O) groups excluding carboxylic acids is 1. The van der Waals surface area contributed by atoms with E-state index in [1.54, 1.807) is 6.92 Å². The Labute approximate surface area is 124 Å². The average molecular weight is 300 g/mol. The number of hydrogen-bond acceptors (Lipinski definition) is 6. The van der Waals surface area contributed by atoms with Gasteiger partial charge in [-0.15, -0.1) is 0 Å². The first kappa shape index (κ1) is 13.9. The highest BCUT2D eigenvalue weighted by Gasteiger charge is 2.19. The van der Waals surface area contributed by atoms with Crippen LogP contribution in [0.15, 0.2) is 44.0 Å². The molecule has 0 aliphatic rings. The Hall–Kier alpha value is -3.02. The summed E-state index contributed by atoms with van der Waals surface area (Å²) >= 11 is 0. The molecule has 0 unspecified atom stereocenters. The number of benzene rings is 1. The van der Waals surface area contributed by atoms with Crippen molar-refractivity contribution >= 4 is 16.9 Å². The zero-order chi connectivity index (χ0) is 15.9. The molecule has 2 aromatic heterocycles. The zero-order valence-corrected chi connectivity index (χ0v) is 11.9. The number of furan rings is 1. The lowest BCUT2D eigenvalue weighted by Crippen LogP contribution is -2.07. The van der Waals surface area contributed by atoms with E-state index in [1.807, 2.05) is 0 Å². The third-order valence-corrected chi connectivity index (χ3v) is 3.29. The smallest absolute Gasteiger partial charge is 0.373 e. The summed E-state index contributed by atoms with van der Waals surface area (Å²) in [6.45, 7) is 1.61. The summed E-state index contributed by atoms with van der Waals surface area (Å²) in [7, 11) is 1.24. The van der Waals surface area contributed by atoms with Gasteiger partial charge >= 0.3 is 5.97 Å². The van der Waals surface area contributed by atoms with Crippen LogP contribution in [0.1, 0.15) is 16.3 Å². The first-order chi connectivity index (χ1) is 10.5. The fourth-order valence-corrected chi connectivity index (χ4v) is 2.26. The number of phenolic OH excluding ortho intramolecular Hbond substituents is 1. The molecule has 22 heavy (non-hydrogen) atoms. The zero-order valence-electron chi connectivity index (χ0n) is 11.9. The Kier molecular flexibility index (Phi) is 3.21. The molecule has 0 radical (unpaired) electrons. The molecule has 2 heterocycles. The minimum Gasteiger partial charge on any atom is -0.508 e. The van der Waals surface area contributed by atoms with Gasteiger partial charge in [-0.1, -0.05) is 0 Å². The molecule has 1 N–H and O–H groups in total. The van der Waals surface area contributed by atoms with Crippen LogP contribution in [0.4, 0.5) is 0 Å². The number of methoxy groups -OCH3 is 1. The third kappa shape index (κ3) is 2.14. The van der Waals surface area contributed by atoms with Crippen LogP contribution in [0, 0.1) is 6.92 Å². The van der Waals surface area contributed by atoms with Crippen LogP contribution in [-0.4, -0.2) is 18.2 Å². The SMILES string of the molecule is COC(=O)c1ccc(-c2c(C)oc3cc(O)ccc3c2=O)o1. The van der Waals surface area contributed by atoms with Gasteiger partial charge in [0.2, 0.25) is 11.2 Å². The second-order valence-electron chi connectivity index (χ2n) is 4.70. The topological polar surface area (TPSA) is 89.9 Å². The lowest BCUT2D eigenvalue weighted by Gasteiger charge is -2.05. The lowest BCUT2D eigenvalue weighted by atomic mass is 10.1. The summed E-state index contributed by atoms with van der Waals surface area (Å²) < 4.78 is 15.5. The van der Waals surface area contributed by atoms with Gasteiger partial charge in [-0.2, -0.15) is 0 Å². The second kappa shape index (κ2) is 5.07. The molecule has 6 nitrogen and oxygen atoms in total. The Balaban J connectivity index is 2.23. The number of ether oxygens (including phenoxy) is 1. The van der Waals surface area contributed by atoms with E-state index in [0.29, 0.717) is 11.1 Å². The van der Waals surface area contributed by atoms with Crippen molar-refractivity contribution in [1.29, 1.82) is 0 Å². The number of aromatic hydroxyl groups is 1. The minimum absolute atomic E-state index is 0.00195. The quantitative estimate of drug-likeness (QED) is 0.732. The molecule has 0 aliphatic heterocycles. The van der Waals surface area contributed by atoms with Crippen molar-refractivity contribution in [1.82, 2.24) is 0 Å². The van der Waals surface area contributed by atoms with Crippen molar-refractivity contribution in [2.24, 2.45) is 0 Å². The van der Waals surface area contributed by atoms with Crippen LogP contribution >= 0.6 is 0 Å². The van der Waals surface area contributed by atoms with Crippen LogP contribution in [0.5, 0.6) is 5.75 Å². The molecule has 112 valence electrons. The number of fused-ring (bicyclic) bond motifs is 1. The van der Waals surface area contributed by atoms with Gasteiger partial charge in [-0.3, -0.25) is 4.79 Å². The van der Waals surface area contributed by atoms with Gasteiger partial charge in [-0.05, 0) is 31.2 Å². The maximum Gasteiger partial charge on any atom is 0.373 e. The lowest BCUT2D eigenvalue weighted by molar-refractivity contribution is 0.0566. The largest absolute Gasteiger partial charge is 0.508 e. The normalized spacial score (nSPS) is 10.8. The molecule has 0 spiro atoms. The van der Waals surface area contributed by atoms with Gasteiger partial charge in [0.05, 0.1) is 12.5 Å². The maximum absolute atomic E-state index is 12.6. The number of aryl methyl sites for hydroxylation is 1. The molecule has 0 amide bonds. The van der Waals surface area contributed by atoms with E-state index in [4.69, 9.17) is 8.83 Å². The number of esters is 1. The van der Waals surface area contributed by atoms with Crippen molar-refractivity contribution < 1.29 is 23.5 Å². The summed E-state index contributed by atoms with van der Waals surface area (Å²) in [6.07, 6.45) is 0. The van der Waals surface area contributed by atoms with Gasteiger partial charge in [0.1, 0.15) is 28.4 Å². The van der Waals surface area contributed by atoms with Gasteiger partial charge in [0, 0.05) is 6.07 Å². The van der Waals surface area contributed by atoms with Gasteiger partial charge in [0.25, 0.3) is 0 Å². The maximum atomic E-state index is 12.6. The van der Waals surface area contributed by atoms with Crippen molar-refractivity contribution in [3.63, 3.8) is 0 Å². The van der Waals surface area contributed by atoms with E-state index in [9.17, 15) is 14.7 Å². The van der Waals surface area contributed by atoms with E-state index >= 15 is 0 Å². The monoisotopic (exact) mass is 300 g/mol. The molecule has 0 aliphatic carbocycles. The molecule has 0 bridgehead atoms. The van der Waals surface area contributed by atoms with Crippen LogP contribution in [0.3, 0.4) is 0 Å². The van der Waals surface area contributed by atoms with E-state index in [0.717, 1.165) is 0 Å².